The highest BCUT2D eigenvalue weighted by Gasteiger charge is 2.20. The molecule has 0 fully saturated rings. The van der Waals surface area contributed by atoms with Gasteiger partial charge in [0, 0.05) is 5.56 Å². The summed E-state index contributed by atoms with van der Waals surface area (Å²) < 4.78 is 6.44. The van der Waals surface area contributed by atoms with E-state index in [-0.39, 0.29) is 0 Å². The van der Waals surface area contributed by atoms with E-state index in [1.54, 1.807) is 6.26 Å². The Labute approximate surface area is 96.5 Å². The Kier molecular flexibility index (Phi) is 3.60. The molecule has 0 saturated carbocycles. The normalized spacial score (nSPS) is 11.5. The van der Waals surface area contributed by atoms with Crippen LogP contribution in [0.25, 0.3) is 6.08 Å². The summed E-state index contributed by atoms with van der Waals surface area (Å²) in [6.07, 6.45) is 3.77. The lowest BCUT2D eigenvalue weighted by Gasteiger charge is -2.10. The van der Waals surface area contributed by atoms with Crippen LogP contribution in [0.2, 0.25) is 19.6 Å². The highest BCUT2D eigenvalue weighted by molar-refractivity contribution is 9.28. The first kappa shape index (κ1) is 11.3. The van der Waals surface area contributed by atoms with Crippen LogP contribution in [0, 0.1) is 0 Å². The van der Waals surface area contributed by atoms with Crippen molar-refractivity contribution < 1.29 is 4.42 Å². The van der Waals surface area contributed by atoms with Crippen LogP contribution in [-0.2, 0) is 0 Å². The second kappa shape index (κ2) is 4.15. The van der Waals surface area contributed by atoms with E-state index in [4.69, 9.17) is 4.42 Å². The molecule has 0 radical (unpaired) electrons. The van der Waals surface area contributed by atoms with Crippen molar-refractivity contribution in [3.8, 4) is 0 Å². The number of rotatable bonds is 2. The summed E-state index contributed by atoms with van der Waals surface area (Å²) in [5.74, 6) is 0. The van der Waals surface area contributed by atoms with Crippen LogP contribution in [0.4, 0.5) is 0 Å². The minimum atomic E-state index is -1.29. The molecular formula is C9H12Br2OSi. The largest absolute Gasteiger partial charge is 0.474 e. The van der Waals surface area contributed by atoms with Gasteiger partial charge in [0.05, 0.1) is 15.0 Å². The Morgan fingerprint density at radius 3 is 2.38 bits per heavy atom. The van der Waals surface area contributed by atoms with Gasteiger partial charge in [-0.3, -0.25) is 0 Å². The topological polar surface area (TPSA) is 13.1 Å². The number of halogens is 2. The fourth-order valence-electron chi connectivity index (χ4n) is 0.946. The molecule has 0 aliphatic rings. The van der Waals surface area contributed by atoms with Crippen molar-refractivity contribution in [2.75, 3.05) is 0 Å². The average Bonchev–Trinajstić information content (AvgIpc) is 2.32. The van der Waals surface area contributed by atoms with Crippen LogP contribution in [0.3, 0.4) is 0 Å². The maximum Gasteiger partial charge on any atom is 0.123 e. The van der Waals surface area contributed by atoms with Crippen LogP contribution in [0.5, 0.6) is 0 Å². The third kappa shape index (κ3) is 3.44. The molecule has 0 amide bonds. The van der Waals surface area contributed by atoms with Crippen LogP contribution in [0.1, 0.15) is 5.56 Å². The third-order valence-corrected chi connectivity index (χ3v) is 3.83. The lowest BCUT2D eigenvalue weighted by atomic mass is 10.3. The molecule has 72 valence electrons. The van der Waals surface area contributed by atoms with Gasteiger partial charge in [0.15, 0.2) is 0 Å². The maximum absolute atomic E-state index is 5.51. The summed E-state index contributed by atoms with van der Waals surface area (Å²) in [5, 5.41) is 1.14. The first-order chi connectivity index (χ1) is 5.89. The zero-order chi connectivity index (χ0) is 10.1. The second-order valence-electron chi connectivity index (χ2n) is 3.93. The molecule has 1 aromatic rings. The van der Waals surface area contributed by atoms with E-state index in [1.807, 2.05) is 6.08 Å². The van der Waals surface area contributed by atoms with Gasteiger partial charge in [0.2, 0.25) is 0 Å². The summed E-state index contributed by atoms with van der Waals surface area (Å²) in [5.41, 5.74) is 1.10. The highest BCUT2D eigenvalue weighted by Crippen LogP contribution is 2.18. The SMILES string of the molecule is C[Si](C)(C)c1cc(C=C(Br)Br)co1. The Balaban J connectivity index is 2.94. The minimum Gasteiger partial charge on any atom is -0.474 e. The lowest BCUT2D eigenvalue weighted by molar-refractivity contribution is 0.597. The summed E-state index contributed by atoms with van der Waals surface area (Å²) >= 11 is 6.64. The molecule has 0 spiro atoms. The smallest absolute Gasteiger partial charge is 0.123 e. The second-order valence-corrected chi connectivity index (χ2v) is 11.7. The summed E-state index contributed by atoms with van der Waals surface area (Å²) in [7, 11) is -1.29. The molecule has 4 heteroatoms. The summed E-state index contributed by atoms with van der Waals surface area (Å²) in [6.45, 7) is 6.80. The predicted octanol–water partition coefficient (Wildman–Crippen LogP) is 3.91. The Morgan fingerprint density at radius 1 is 1.38 bits per heavy atom. The van der Waals surface area contributed by atoms with Gasteiger partial charge in [-0.15, -0.1) is 0 Å². The Bertz CT molecular complexity index is 319. The van der Waals surface area contributed by atoms with Gasteiger partial charge >= 0.3 is 0 Å². The van der Waals surface area contributed by atoms with E-state index in [9.17, 15) is 0 Å². The molecule has 0 atom stereocenters. The van der Waals surface area contributed by atoms with Crippen LogP contribution < -0.4 is 5.38 Å². The van der Waals surface area contributed by atoms with Crippen molar-refractivity contribution in [2.24, 2.45) is 0 Å². The molecule has 1 aromatic heterocycles. The summed E-state index contributed by atoms with van der Waals surface area (Å²) in [4.78, 5) is 0. The standard InChI is InChI=1S/C9H12Br2OSi/c1-13(2,3)9-5-7(6-12-9)4-8(10)11/h4-6H,1-3H3. The zero-order valence-corrected chi connectivity index (χ0v) is 12.1. The molecule has 1 rings (SSSR count). The maximum atomic E-state index is 5.51. The summed E-state index contributed by atoms with van der Waals surface area (Å²) in [6, 6.07) is 2.11. The van der Waals surface area contributed by atoms with Crippen molar-refractivity contribution >= 4 is 51.4 Å². The monoisotopic (exact) mass is 322 g/mol. The predicted molar refractivity (Wildman–Crippen MR) is 67.5 cm³/mol. The minimum absolute atomic E-state index is 0.933. The van der Waals surface area contributed by atoms with E-state index in [2.05, 4.69) is 57.6 Å². The fraction of sp³-hybridized carbons (Fsp3) is 0.333. The van der Waals surface area contributed by atoms with Gasteiger partial charge in [-0.25, -0.2) is 0 Å². The first-order valence-electron chi connectivity index (χ1n) is 4.01. The quantitative estimate of drug-likeness (QED) is 0.752. The molecule has 0 aliphatic heterocycles. The van der Waals surface area contributed by atoms with Crippen molar-refractivity contribution in [3.63, 3.8) is 0 Å². The number of furan rings is 1. The number of hydrogen-bond donors (Lipinski definition) is 0. The molecule has 0 aromatic carbocycles. The van der Waals surface area contributed by atoms with Gasteiger partial charge in [-0.2, -0.15) is 0 Å². The molecule has 0 bridgehead atoms. The van der Waals surface area contributed by atoms with Crippen molar-refractivity contribution in [3.05, 3.63) is 21.3 Å². The van der Waals surface area contributed by atoms with Crippen LogP contribution in [0.15, 0.2) is 20.1 Å². The van der Waals surface area contributed by atoms with Crippen molar-refractivity contribution in [2.45, 2.75) is 19.6 Å². The molecule has 1 heterocycles. The molecule has 0 N–H and O–H groups in total. The molecule has 0 saturated heterocycles. The fourth-order valence-corrected chi connectivity index (χ4v) is 2.49. The van der Waals surface area contributed by atoms with Gasteiger partial charge in [0.25, 0.3) is 0 Å². The van der Waals surface area contributed by atoms with E-state index < -0.39 is 8.07 Å². The average molecular weight is 324 g/mol. The van der Waals surface area contributed by atoms with E-state index in [0.717, 1.165) is 14.3 Å². The van der Waals surface area contributed by atoms with Crippen molar-refractivity contribution in [1.82, 2.24) is 0 Å². The molecule has 0 unspecified atom stereocenters. The molecule has 1 nitrogen and oxygen atoms in total. The lowest BCUT2D eigenvalue weighted by Crippen LogP contribution is -2.36. The first-order valence-corrected chi connectivity index (χ1v) is 9.10. The molecule has 0 aliphatic carbocycles. The van der Waals surface area contributed by atoms with Crippen molar-refractivity contribution in [1.29, 1.82) is 0 Å². The molecule has 13 heavy (non-hydrogen) atoms. The van der Waals surface area contributed by atoms with E-state index >= 15 is 0 Å². The van der Waals surface area contributed by atoms with Crippen LogP contribution >= 0.6 is 31.9 Å². The third-order valence-electron chi connectivity index (χ3n) is 1.63. The Morgan fingerprint density at radius 2 is 2.00 bits per heavy atom. The van der Waals surface area contributed by atoms with Crippen LogP contribution in [-0.4, -0.2) is 8.07 Å². The zero-order valence-electron chi connectivity index (χ0n) is 7.90. The molecular weight excluding hydrogens is 312 g/mol. The van der Waals surface area contributed by atoms with E-state index in [1.165, 1.54) is 0 Å². The van der Waals surface area contributed by atoms with Gasteiger partial charge in [-0.1, -0.05) is 19.6 Å². The van der Waals surface area contributed by atoms with Gasteiger partial charge in [0.1, 0.15) is 8.07 Å². The van der Waals surface area contributed by atoms with E-state index in [0.29, 0.717) is 0 Å². The number of hydrogen-bond acceptors (Lipinski definition) is 1. The Hall–Kier alpha value is 0.197. The van der Waals surface area contributed by atoms with Gasteiger partial charge < -0.3 is 4.42 Å². The highest BCUT2D eigenvalue weighted by atomic mass is 79.9. The van der Waals surface area contributed by atoms with Gasteiger partial charge in [-0.05, 0) is 44.0 Å².